The van der Waals surface area contributed by atoms with E-state index in [0.717, 1.165) is 0 Å². The number of carbonyl (C=O) groups is 1. The highest BCUT2D eigenvalue weighted by Gasteiger charge is 2.12. The summed E-state index contributed by atoms with van der Waals surface area (Å²) >= 11 is 5.95. The minimum absolute atomic E-state index is 0.212. The summed E-state index contributed by atoms with van der Waals surface area (Å²) in [7, 11) is 4.56. The maximum absolute atomic E-state index is 11.8. The zero-order valence-electron chi connectivity index (χ0n) is 14.6. The van der Waals surface area contributed by atoms with Crippen LogP contribution < -0.4 is 24.4 Å². The summed E-state index contributed by atoms with van der Waals surface area (Å²) in [5, 5.41) is 4.32. The monoisotopic (exact) mass is 378 g/mol. The molecule has 26 heavy (non-hydrogen) atoms. The number of nitrogens with one attached hydrogen (secondary N) is 1. The number of para-hydroxylation sites is 1. The maximum Gasteiger partial charge on any atom is 0.277 e. The minimum Gasteiger partial charge on any atom is -0.493 e. The van der Waals surface area contributed by atoms with Gasteiger partial charge >= 0.3 is 0 Å². The van der Waals surface area contributed by atoms with Crippen molar-refractivity contribution >= 4 is 23.7 Å². The van der Waals surface area contributed by atoms with E-state index in [1.54, 1.807) is 36.4 Å². The van der Waals surface area contributed by atoms with Gasteiger partial charge in [-0.25, -0.2) is 5.43 Å². The first-order valence-corrected chi connectivity index (χ1v) is 7.96. The van der Waals surface area contributed by atoms with Crippen LogP contribution in [0.5, 0.6) is 23.0 Å². The Morgan fingerprint density at radius 3 is 2.31 bits per heavy atom. The SMILES string of the molecule is COc1cc(/C=N/NC(=O)COc2ccccc2Cl)cc(OC)c1OC. The Kier molecular flexibility index (Phi) is 7.11. The summed E-state index contributed by atoms with van der Waals surface area (Å²) in [6, 6.07) is 10.3. The van der Waals surface area contributed by atoms with Gasteiger partial charge in [-0.2, -0.15) is 5.10 Å². The highest BCUT2D eigenvalue weighted by Crippen LogP contribution is 2.37. The molecule has 0 aliphatic rings. The number of halogens is 1. The molecule has 0 saturated heterocycles. The molecular weight excluding hydrogens is 360 g/mol. The third-order valence-corrected chi connectivity index (χ3v) is 3.60. The Bertz CT molecular complexity index is 770. The molecule has 1 amide bonds. The fourth-order valence-electron chi connectivity index (χ4n) is 2.09. The normalized spacial score (nSPS) is 10.5. The molecule has 0 unspecified atom stereocenters. The number of amides is 1. The number of carbonyl (C=O) groups excluding carboxylic acids is 1. The fraction of sp³-hybridized carbons (Fsp3) is 0.222. The van der Waals surface area contributed by atoms with Crippen molar-refractivity contribution in [1.82, 2.24) is 5.43 Å². The number of hydrazone groups is 1. The highest BCUT2D eigenvalue weighted by atomic mass is 35.5. The van der Waals surface area contributed by atoms with Crippen LogP contribution in [0.25, 0.3) is 0 Å². The molecule has 0 aliphatic carbocycles. The molecule has 0 spiro atoms. The van der Waals surface area contributed by atoms with Crippen LogP contribution in [0, 0.1) is 0 Å². The number of rotatable bonds is 8. The molecule has 0 aromatic heterocycles. The van der Waals surface area contributed by atoms with Gasteiger partial charge in [0.25, 0.3) is 5.91 Å². The second-order valence-corrected chi connectivity index (χ2v) is 5.38. The van der Waals surface area contributed by atoms with Gasteiger partial charge in [0.15, 0.2) is 18.1 Å². The minimum atomic E-state index is -0.423. The first-order valence-electron chi connectivity index (χ1n) is 7.58. The van der Waals surface area contributed by atoms with E-state index in [9.17, 15) is 4.79 Å². The van der Waals surface area contributed by atoms with E-state index in [4.69, 9.17) is 30.5 Å². The van der Waals surface area contributed by atoms with Gasteiger partial charge in [-0.1, -0.05) is 23.7 Å². The second kappa shape index (κ2) is 9.53. The number of hydrogen-bond acceptors (Lipinski definition) is 6. The molecule has 0 saturated carbocycles. The largest absolute Gasteiger partial charge is 0.493 e. The number of methoxy groups -OCH3 is 3. The van der Waals surface area contributed by atoms with E-state index < -0.39 is 5.91 Å². The molecule has 2 rings (SSSR count). The van der Waals surface area contributed by atoms with Crippen LogP contribution >= 0.6 is 11.6 Å². The zero-order chi connectivity index (χ0) is 18.9. The molecule has 7 nitrogen and oxygen atoms in total. The summed E-state index contributed by atoms with van der Waals surface area (Å²) in [4.78, 5) is 11.8. The zero-order valence-corrected chi connectivity index (χ0v) is 15.4. The molecule has 0 fully saturated rings. The predicted molar refractivity (Wildman–Crippen MR) is 98.8 cm³/mol. The van der Waals surface area contributed by atoms with Crippen LogP contribution in [-0.2, 0) is 4.79 Å². The van der Waals surface area contributed by atoms with E-state index in [1.165, 1.54) is 27.5 Å². The van der Waals surface area contributed by atoms with Crippen LogP contribution in [0.4, 0.5) is 0 Å². The lowest BCUT2D eigenvalue weighted by Crippen LogP contribution is -2.24. The van der Waals surface area contributed by atoms with Gasteiger partial charge < -0.3 is 18.9 Å². The average molecular weight is 379 g/mol. The molecule has 0 aliphatic heterocycles. The predicted octanol–water partition coefficient (Wildman–Crippen LogP) is 2.89. The summed E-state index contributed by atoms with van der Waals surface area (Å²) in [6.45, 7) is -0.212. The summed E-state index contributed by atoms with van der Waals surface area (Å²) < 4.78 is 21.1. The van der Waals surface area contributed by atoms with Crippen molar-refractivity contribution in [3.05, 3.63) is 47.0 Å². The standard InChI is InChI=1S/C18H19ClN2O5/c1-23-15-8-12(9-16(24-2)18(15)25-3)10-20-21-17(22)11-26-14-7-5-4-6-13(14)19/h4-10H,11H2,1-3H3,(H,21,22)/b20-10+. The molecule has 0 atom stereocenters. The number of benzene rings is 2. The Hall–Kier alpha value is -2.93. The summed E-state index contributed by atoms with van der Waals surface area (Å²) in [6.07, 6.45) is 1.46. The first kappa shape index (κ1) is 19.4. The number of nitrogens with zero attached hydrogens (tertiary/aromatic N) is 1. The van der Waals surface area contributed by atoms with E-state index in [1.807, 2.05) is 0 Å². The fourth-order valence-corrected chi connectivity index (χ4v) is 2.28. The lowest BCUT2D eigenvalue weighted by Gasteiger charge is -2.12. The second-order valence-electron chi connectivity index (χ2n) is 4.97. The van der Waals surface area contributed by atoms with Crippen molar-refractivity contribution < 1.29 is 23.7 Å². The molecule has 2 aromatic carbocycles. The van der Waals surface area contributed by atoms with Gasteiger partial charge in [0.05, 0.1) is 32.6 Å². The smallest absolute Gasteiger partial charge is 0.277 e. The first-order chi connectivity index (χ1) is 12.6. The molecule has 0 bridgehead atoms. The van der Waals surface area contributed by atoms with Crippen LogP contribution in [0.1, 0.15) is 5.56 Å². The van der Waals surface area contributed by atoms with E-state index in [0.29, 0.717) is 33.6 Å². The third kappa shape index (κ3) is 5.03. The van der Waals surface area contributed by atoms with Crippen molar-refractivity contribution in [2.45, 2.75) is 0 Å². The lowest BCUT2D eigenvalue weighted by molar-refractivity contribution is -0.123. The highest BCUT2D eigenvalue weighted by molar-refractivity contribution is 6.32. The Morgan fingerprint density at radius 2 is 1.73 bits per heavy atom. The van der Waals surface area contributed by atoms with Crippen molar-refractivity contribution in [2.75, 3.05) is 27.9 Å². The molecule has 2 aromatic rings. The Labute approximate surface area is 156 Å². The Balaban J connectivity index is 1.97. The van der Waals surface area contributed by atoms with Crippen LogP contribution in [0.3, 0.4) is 0 Å². The van der Waals surface area contributed by atoms with Gasteiger partial charge in [0.2, 0.25) is 5.75 Å². The number of hydrogen-bond donors (Lipinski definition) is 1. The number of ether oxygens (including phenoxy) is 4. The van der Waals surface area contributed by atoms with Crippen molar-refractivity contribution in [3.8, 4) is 23.0 Å². The van der Waals surface area contributed by atoms with Crippen molar-refractivity contribution in [1.29, 1.82) is 0 Å². The van der Waals surface area contributed by atoms with E-state index in [2.05, 4.69) is 10.5 Å². The molecule has 1 N–H and O–H groups in total. The van der Waals surface area contributed by atoms with E-state index in [-0.39, 0.29) is 6.61 Å². The van der Waals surface area contributed by atoms with Crippen LogP contribution in [-0.4, -0.2) is 40.1 Å². The van der Waals surface area contributed by atoms with Gasteiger partial charge in [-0.05, 0) is 24.3 Å². The van der Waals surface area contributed by atoms with Crippen LogP contribution in [0.15, 0.2) is 41.5 Å². The van der Waals surface area contributed by atoms with Crippen molar-refractivity contribution in [3.63, 3.8) is 0 Å². The van der Waals surface area contributed by atoms with Gasteiger partial charge in [-0.3, -0.25) is 4.79 Å². The topological polar surface area (TPSA) is 78.4 Å². The van der Waals surface area contributed by atoms with Gasteiger partial charge in [-0.15, -0.1) is 0 Å². The summed E-state index contributed by atoms with van der Waals surface area (Å²) in [5.41, 5.74) is 3.03. The molecule has 8 heteroatoms. The quantitative estimate of drug-likeness (QED) is 0.564. The Morgan fingerprint density at radius 1 is 1.08 bits per heavy atom. The average Bonchev–Trinajstić information content (AvgIpc) is 2.66. The van der Waals surface area contributed by atoms with Gasteiger partial charge in [0.1, 0.15) is 5.75 Å². The molecular formula is C18H19ClN2O5. The maximum atomic E-state index is 11.8. The third-order valence-electron chi connectivity index (χ3n) is 3.29. The van der Waals surface area contributed by atoms with E-state index >= 15 is 0 Å². The molecule has 0 heterocycles. The van der Waals surface area contributed by atoms with Crippen molar-refractivity contribution in [2.24, 2.45) is 5.10 Å². The van der Waals surface area contributed by atoms with Gasteiger partial charge in [0, 0.05) is 5.56 Å². The molecule has 0 radical (unpaired) electrons. The lowest BCUT2D eigenvalue weighted by atomic mass is 10.2. The molecule has 138 valence electrons. The van der Waals surface area contributed by atoms with Crippen LogP contribution in [0.2, 0.25) is 5.02 Å². The summed E-state index contributed by atoms with van der Waals surface area (Å²) in [5.74, 6) is 1.46.